The maximum atomic E-state index is 6.27. The van der Waals surface area contributed by atoms with Crippen LogP contribution in [0.3, 0.4) is 0 Å². The van der Waals surface area contributed by atoms with Crippen LogP contribution in [0.2, 0.25) is 0 Å². The molecule has 2 fully saturated rings. The number of anilines is 3. The molecule has 2 aliphatic rings. The van der Waals surface area contributed by atoms with Crippen molar-refractivity contribution in [3.8, 4) is 0 Å². The van der Waals surface area contributed by atoms with E-state index < -0.39 is 0 Å². The molecule has 0 radical (unpaired) electrons. The average molecular weight is 289 g/mol. The van der Waals surface area contributed by atoms with Crippen molar-refractivity contribution in [3.05, 3.63) is 6.33 Å². The fraction of sp³-hybridized carbons (Fsp3) is 0.750. The molecule has 5 nitrogen and oxygen atoms in total. The highest BCUT2D eigenvalue weighted by Gasteiger charge is 2.19. The summed E-state index contributed by atoms with van der Waals surface area (Å²) in [6.45, 7) is 0. The van der Waals surface area contributed by atoms with Gasteiger partial charge in [0.05, 0.1) is 0 Å². The predicted molar refractivity (Wildman–Crippen MR) is 87.4 cm³/mol. The standard InChI is InChI=1S/C16H27N5/c17-14-15(20-12-7-3-1-2-4-8-12)18-11-19-16(14)21-13-9-5-6-10-13/h11-13H,1-10,17H2,(H2,18,19,20,21). The Morgan fingerprint density at radius 1 is 0.762 bits per heavy atom. The fourth-order valence-electron chi connectivity index (χ4n) is 3.51. The van der Waals surface area contributed by atoms with E-state index in [1.807, 2.05) is 0 Å². The molecule has 2 saturated carbocycles. The van der Waals surface area contributed by atoms with E-state index in [9.17, 15) is 0 Å². The van der Waals surface area contributed by atoms with Gasteiger partial charge in [0.15, 0.2) is 11.6 Å². The molecule has 5 heteroatoms. The average Bonchev–Trinajstić information content (AvgIpc) is 2.86. The minimum atomic E-state index is 0.504. The first-order valence-electron chi connectivity index (χ1n) is 8.46. The zero-order valence-electron chi connectivity index (χ0n) is 12.8. The van der Waals surface area contributed by atoms with Gasteiger partial charge in [-0.05, 0) is 25.7 Å². The molecule has 0 aromatic carbocycles. The predicted octanol–water partition coefficient (Wildman–Crippen LogP) is 3.55. The van der Waals surface area contributed by atoms with E-state index in [2.05, 4.69) is 20.6 Å². The van der Waals surface area contributed by atoms with E-state index in [0.29, 0.717) is 17.8 Å². The van der Waals surface area contributed by atoms with Gasteiger partial charge in [0, 0.05) is 12.1 Å². The SMILES string of the molecule is Nc1c(NC2CCCCCC2)ncnc1NC1CCCC1. The zero-order valence-corrected chi connectivity index (χ0v) is 12.8. The molecule has 4 N–H and O–H groups in total. The maximum Gasteiger partial charge on any atom is 0.155 e. The second-order valence-electron chi connectivity index (χ2n) is 6.44. The van der Waals surface area contributed by atoms with E-state index in [1.54, 1.807) is 6.33 Å². The second-order valence-corrected chi connectivity index (χ2v) is 6.44. The van der Waals surface area contributed by atoms with Gasteiger partial charge in [-0.1, -0.05) is 38.5 Å². The van der Waals surface area contributed by atoms with E-state index in [1.165, 1.54) is 64.2 Å². The van der Waals surface area contributed by atoms with Crippen LogP contribution in [0, 0.1) is 0 Å². The lowest BCUT2D eigenvalue weighted by Gasteiger charge is -2.20. The van der Waals surface area contributed by atoms with E-state index in [0.717, 1.165) is 11.6 Å². The summed E-state index contributed by atoms with van der Waals surface area (Å²) in [5, 5.41) is 7.02. The quantitative estimate of drug-likeness (QED) is 0.739. The largest absolute Gasteiger partial charge is 0.393 e. The van der Waals surface area contributed by atoms with Crippen molar-refractivity contribution in [3.63, 3.8) is 0 Å². The van der Waals surface area contributed by atoms with Gasteiger partial charge in [-0.3, -0.25) is 0 Å². The van der Waals surface area contributed by atoms with E-state index in [4.69, 9.17) is 5.73 Å². The molecule has 2 aliphatic carbocycles. The molecule has 0 amide bonds. The van der Waals surface area contributed by atoms with Gasteiger partial charge in [-0.15, -0.1) is 0 Å². The summed E-state index contributed by atoms with van der Waals surface area (Å²) < 4.78 is 0. The Hall–Kier alpha value is -1.52. The van der Waals surface area contributed by atoms with Gasteiger partial charge in [-0.25, -0.2) is 9.97 Å². The van der Waals surface area contributed by atoms with Crippen molar-refractivity contribution in [1.82, 2.24) is 9.97 Å². The molecule has 21 heavy (non-hydrogen) atoms. The van der Waals surface area contributed by atoms with Gasteiger partial charge in [0.2, 0.25) is 0 Å². The van der Waals surface area contributed by atoms with Crippen LogP contribution in [0.4, 0.5) is 17.3 Å². The maximum absolute atomic E-state index is 6.27. The molecule has 0 bridgehead atoms. The summed E-state index contributed by atoms with van der Waals surface area (Å²) in [5.41, 5.74) is 6.94. The molecule has 1 aromatic rings. The second kappa shape index (κ2) is 6.96. The molecule has 0 atom stereocenters. The van der Waals surface area contributed by atoms with Gasteiger partial charge in [-0.2, -0.15) is 0 Å². The van der Waals surface area contributed by atoms with Gasteiger partial charge in [0.1, 0.15) is 12.0 Å². The molecule has 3 rings (SSSR count). The Morgan fingerprint density at radius 2 is 1.19 bits per heavy atom. The summed E-state index contributed by atoms with van der Waals surface area (Å²) in [4.78, 5) is 8.68. The minimum Gasteiger partial charge on any atom is -0.393 e. The Bertz CT molecular complexity index is 448. The number of hydrogen-bond acceptors (Lipinski definition) is 5. The Labute approximate surface area is 127 Å². The molecule has 0 saturated heterocycles. The Morgan fingerprint density at radius 3 is 1.67 bits per heavy atom. The first-order valence-corrected chi connectivity index (χ1v) is 8.46. The van der Waals surface area contributed by atoms with Crippen molar-refractivity contribution >= 4 is 17.3 Å². The summed E-state index contributed by atoms with van der Waals surface area (Å²) in [6, 6.07) is 1.02. The number of nitrogens with two attached hydrogens (primary N) is 1. The van der Waals surface area contributed by atoms with Gasteiger partial charge in [0.25, 0.3) is 0 Å². The first kappa shape index (κ1) is 14.4. The normalized spacial score (nSPS) is 21.1. The monoisotopic (exact) mass is 289 g/mol. The van der Waals surface area contributed by atoms with Crippen LogP contribution in [0.5, 0.6) is 0 Å². The van der Waals surface area contributed by atoms with Crippen LogP contribution >= 0.6 is 0 Å². The molecular formula is C16H27N5. The summed E-state index contributed by atoms with van der Waals surface area (Å²) in [7, 11) is 0. The van der Waals surface area contributed by atoms with Crippen molar-refractivity contribution in [2.24, 2.45) is 0 Å². The highest BCUT2D eigenvalue weighted by Crippen LogP contribution is 2.29. The van der Waals surface area contributed by atoms with E-state index >= 15 is 0 Å². The van der Waals surface area contributed by atoms with E-state index in [-0.39, 0.29) is 0 Å². The summed E-state index contributed by atoms with van der Waals surface area (Å²) in [5.74, 6) is 1.60. The molecule has 116 valence electrons. The lowest BCUT2D eigenvalue weighted by Crippen LogP contribution is -2.22. The van der Waals surface area contributed by atoms with Crippen molar-refractivity contribution < 1.29 is 0 Å². The zero-order chi connectivity index (χ0) is 14.5. The smallest absolute Gasteiger partial charge is 0.155 e. The van der Waals surface area contributed by atoms with Gasteiger partial charge >= 0.3 is 0 Å². The molecule has 0 aliphatic heterocycles. The summed E-state index contributed by atoms with van der Waals surface area (Å²) in [6.07, 6.45) is 14.4. The van der Waals surface area contributed by atoms with Crippen LogP contribution in [-0.2, 0) is 0 Å². The number of rotatable bonds is 4. The van der Waals surface area contributed by atoms with Crippen LogP contribution in [0.15, 0.2) is 6.33 Å². The fourth-order valence-corrected chi connectivity index (χ4v) is 3.51. The van der Waals surface area contributed by atoms with Crippen molar-refractivity contribution in [2.45, 2.75) is 76.3 Å². The summed E-state index contributed by atoms with van der Waals surface area (Å²) >= 11 is 0. The van der Waals surface area contributed by atoms with Gasteiger partial charge < -0.3 is 16.4 Å². The lowest BCUT2D eigenvalue weighted by atomic mass is 10.1. The van der Waals surface area contributed by atoms with Crippen molar-refractivity contribution in [2.75, 3.05) is 16.4 Å². The molecule has 1 heterocycles. The lowest BCUT2D eigenvalue weighted by molar-refractivity contribution is 0.618. The highest BCUT2D eigenvalue weighted by molar-refractivity contribution is 5.74. The molecule has 1 aromatic heterocycles. The molecule has 0 spiro atoms. The van der Waals surface area contributed by atoms with Crippen LogP contribution in [-0.4, -0.2) is 22.1 Å². The third kappa shape index (κ3) is 3.77. The molecular weight excluding hydrogens is 262 g/mol. The number of nitrogen functional groups attached to an aromatic ring is 1. The third-order valence-electron chi connectivity index (χ3n) is 4.78. The number of hydrogen-bond donors (Lipinski definition) is 3. The highest BCUT2D eigenvalue weighted by atomic mass is 15.1. The van der Waals surface area contributed by atoms with Crippen molar-refractivity contribution in [1.29, 1.82) is 0 Å². The topological polar surface area (TPSA) is 75.9 Å². The third-order valence-corrected chi connectivity index (χ3v) is 4.78. The Kier molecular flexibility index (Phi) is 4.78. The number of aromatic nitrogens is 2. The molecule has 0 unspecified atom stereocenters. The van der Waals surface area contributed by atoms with Crippen LogP contribution in [0.1, 0.15) is 64.2 Å². The Balaban J connectivity index is 1.66. The number of nitrogens with zero attached hydrogens (tertiary/aromatic N) is 2. The minimum absolute atomic E-state index is 0.504. The number of nitrogens with one attached hydrogen (secondary N) is 2. The van der Waals surface area contributed by atoms with Crippen LogP contribution in [0.25, 0.3) is 0 Å². The van der Waals surface area contributed by atoms with Crippen LogP contribution < -0.4 is 16.4 Å². The first-order chi connectivity index (χ1) is 10.3.